The Hall–Kier alpha value is 0.0900. The van der Waals surface area contributed by atoms with Crippen LogP contribution in [0.1, 0.15) is 6.42 Å². The number of carbonyl (C=O) groups is 1. The molecule has 0 unspecified atom stereocenters. The van der Waals surface area contributed by atoms with Crippen LogP contribution >= 0.6 is 23.9 Å². The zero-order valence-corrected chi connectivity index (χ0v) is 9.62. The molecular weight excluding hydrogens is 208 g/mol. The lowest BCUT2D eigenvalue weighted by Gasteiger charge is -2.13. The van der Waals surface area contributed by atoms with Crippen molar-refractivity contribution in [2.45, 2.75) is 6.42 Å². The Morgan fingerprint density at radius 2 is 2.08 bits per heavy atom. The summed E-state index contributed by atoms with van der Waals surface area (Å²) in [5, 5.41) is 0. The van der Waals surface area contributed by atoms with Crippen LogP contribution in [0, 0.1) is 0 Å². The second-order valence-corrected chi connectivity index (χ2v) is 4.06. The zero-order chi connectivity index (χ0) is 10.1. The Labute approximate surface area is 87.8 Å². The molecule has 0 atom stereocenters. The van der Waals surface area contributed by atoms with Crippen molar-refractivity contribution in [2.75, 3.05) is 32.2 Å². The summed E-state index contributed by atoms with van der Waals surface area (Å²) in [4.78, 5) is 11.1. The van der Waals surface area contributed by atoms with Gasteiger partial charge >= 0.3 is 5.97 Å². The molecular formula is C7H16N2O2S2. The molecule has 0 amide bonds. The standard InChI is InChI=1S/C7H16N2O2S2/c1-12-9(13-2)6-7(10)11-5-3-4-8/h3-6,8H2,1-2H3. The summed E-state index contributed by atoms with van der Waals surface area (Å²) in [5.74, 6) is -0.197. The zero-order valence-electron chi connectivity index (χ0n) is 7.99. The third-order valence-electron chi connectivity index (χ3n) is 1.28. The highest BCUT2D eigenvalue weighted by molar-refractivity contribution is 8.11. The maximum Gasteiger partial charge on any atom is 0.322 e. The fourth-order valence-electron chi connectivity index (χ4n) is 0.624. The second kappa shape index (κ2) is 8.68. The molecule has 78 valence electrons. The predicted molar refractivity (Wildman–Crippen MR) is 58.4 cm³/mol. The van der Waals surface area contributed by atoms with Crippen LogP contribution in [0.25, 0.3) is 0 Å². The third kappa shape index (κ3) is 7.18. The summed E-state index contributed by atoms with van der Waals surface area (Å²) in [6, 6.07) is 0. The molecule has 0 aromatic rings. The van der Waals surface area contributed by atoms with E-state index in [0.29, 0.717) is 19.7 Å². The number of hydrogen-bond donors (Lipinski definition) is 1. The van der Waals surface area contributed by atoms with Gasteiger partial charge in [-0.3, -0.25) is 4.79 Å². The minimum absolute atomic E-state index is 0.197. The average molecular weight is 224 g/mol. The number of hydrogen-bond acceptors (Lipinski definition) is 6. The van der Waals surface area contributed by atoms with Crippen molar-refractivity contribution >= 4 is 29.9 Å². The molecule has 0 bridgehead atoms. The lowest BCUT2D eigenvalue weighted by atomic mass is 10.5. The summed E-state index contributed by atoms with van der Waals surface area (Å²) in [6.07, 6.45) is 4.57. The van der Waals surface area contributed by atoms with Crippen molar-refractivity contribution in [3.63, 3.8) is 0 Å². The fraction of sp³-hybridized carbons (Fsp3) is 0.857. The van der Waals surface area contributed by atoms with E-state index in [2.05, 4.69) is 0 Å². The van der Waals surface area contributed by atoms with Crippen LogP contribution in [0.4, 0.5) is 0 Å². The van der Waals surface area contributed by atoms with Gasteiger partial charge in [0.15, 0.2) is 0 Å². The van der Waals surface area contributed by atoms with Gasteiger partial charge in [0, 0.05) is 0 Å². The Bertz CT molecular complexity index is 142. The van der Waals surface area contributed by atoms with Crippen LogP contribution in [-0.4, -0.2) is 41.9 Å². The second-order valence-electron chi connectivity index (χ2n) is 2.22. The molecule has 13 heavy (non-hydrogen) atoms. The number of nitrogens with two attached hydrogens (primary N) is 1. The molecule has 0 radical (unpaired) electrons. The topological polar surface area (TPSA) is 55.6 Å². The summed E-state index contributed by atoms with van der Waals surface area (Å²) in [6.45, 7) is 1.29. The smallest absolute Gasteiger partial charge is 0.322 e. The first-order valence-electron chi connectivity index (χ1n) is 3.96. The van der Waals surface area contributed by atoms with Crippen molar-refractivity contribution in [2.24, 2.45) is 5.73 Å². The third-order valence-corrected chi connectivity index (χ3v) is 3.24. The van der Waals surface area contributed by atoms with E-state index in [0.717, 1.165) is 6.42 Å². The van der Waals surface area contributed by atoms with E-state index in [1.165, 1.54) is 23.9 Å². The van der Waals surface area contributed by atoms with E-state index in [9.17, 15) is 4.79 Å². The van der Waals surface area contributed by atoms with Crippen LogP contribution in [-0.2, 0) is 9.53 Å². The van der Waals surface area contributed by atoms with E-state index < -0.39 is 0 Å². The maximum atomic E-state index is 11.1. The SMILES string of the molecule is CSN(CC(=O)OCCCN)SC. The number of rotatable bonds is 7. The molecule has 0 fully saturated rings. The quantitative estimate of drug-likeness (QED) is 0.391. The molecule has 2 N–H and O–H groups in total. The van der Waals surface area contributed by atoms with Crippen molar-refractivity contribution < 1.29 is 9.53 Å². The molecule has 0 spiro atoms. The Balaban J connectivity index is 3.48. The molecule has 0 aromatic carbocycles. The molecule has 0 heterocycles. The number of ether oxygens (including phenoxy) is 1. The largest absolute Gasteiger partial charge is 0.465 e. The first-order valence-corrected chi connectivity index (χ1v) is 6.32. The first kappa shape index (κ1) is 13.1. The van der Waals surface area contributed by atoms with E-state index in [1.807, 2.05) is 16.2 Å². The molecule has 0 rings (SSSR count). The Kier molecular flexibility index (Phi) is 8.74. The highest BCUT2D eigenvalue weighted by atomic mass is 32.2. The van der Waals surface area contributed by atoms with Gasteiger partial charge in [-0.2, -0.15) is 3.71 Å². The summed E-state index contributed by atoms with van der Waals surface area (Å²) < 4.78 is 6.78. The van der Waals surface area contributed by atoms with Gasteiger partial charge in [0.05, 0.1) is 6.61 Å². The van der Waals surface area contributed by atoms with E-state index in [4.69, 9.17) is 10.5 Å². The van der Waals surface area contributed by atoms with Gasteiger partial charge in [-0.1, -0.05) is 23.9 Å². The first-order chi connectivity index (χ1) is 6.24. The highest BCUT2D eigenvalue weighted by Crippen LogP contribution is 2.15. The molecule has 6 heteroatoms. The molecule has 0 aliphatic carbocycles. The lowest BCUT2D eigenvalue weighted by Crippen LogP contribution is -2.20. The average Bonchev–Trinajstić information content (AvgIpc) is 2.14. The van der Waals surface area contributed by atoms with E-state index >= 15 is 0 Å². The number of esters is 1. The van der Waals surface area contributed by atoms with Gasteiger partial charge in [0.25, 0.3) is 0 Å². The summed E-state index contributed by atoms with van der Waals surface area (Å²) in [7, 11) is 0. The van der Waals surface area contributed by atoms with E-state index in [1.54, 1.807) is 0 Å². The number of nitrogens with zero attached hydrogens (tertiary/aromatic N) is 1. The van der Waals surface area contributed by atoms with Crippen molar-refractivity contribution in [3.05, 3.63) is 0 Å². The van der Waals surface area contributed by atoms with Crippen LogP contribution in [0.5, 0.6) is 0 Å². The van der Waals surface area contributed by atoms with Crippen LogP contribution in [0.3, 0.4) is 0 Å². The minimum Gasteiger partial charge on any atom is -0.465 e. The lowest BCUT2D eigenvalue weighted by molar-refractivity contribution is -0.142. The monoisotopic (exact) mass is 224 g/mol. The molecule has 0 aromatic heterocycles. The van der Waals surface area contributed by atoms with Gasteiger partial charge in [0.1, 0.15) is 6.54 Å². The maximum absolute atomic E-state index is 11.1. The summed E-state index contributed by atoms with van der Waals surface area (Å²) >= 11 is 3.02. The van der Waals surface area contributed by atoms with Crippen LogP contribution in [0.15, 0.2) is 0 Å². The Morgan fingerprint density at radius 3 is 2.54 bits per heavy atom. The fourth-order valence-corrected chi connectivity index (χ4v) is 1.69. The highest BCUT2D eigenvalue weighted by Gasteiger charge is 2.08. The summed E-state index contributed by atoms with van der Waals surface area (Å²) in [5.41, 5.74) is 5.26. The minimum atomic E-state index is -0.197. The van der Waals surface area contributed by atoms with Gasteiger partial charge in [-0.25, -0.2) is 0 Å². The van der Waals surface area contributed by atoms with Gasteiger partial charge < -0.3 is 10.5 Å². The normalized spacial score (nSPS) is 10.5. The molecule has 0 saturated carbocycles. The predicted octanol–water partition coefficient (Wildman–Crippen LogP) is 0.736. The van der Waals surface area contributed by atoms with Crippen LogP contribution < -0.4 is 5.73 Å². The van der Waals surface area contributed by atoms with Crippen LogP contribution in [0.2, 0.25) is 0 Å². The van der Waals surface area contributed by atoms with Gasteiger partial charge in [-0.15, -0.1) is 0 Å². The van der Waals surface area contributed by atoms with Crippen molar-refractivity contribution in [1.29, 1.82) is 0 Å². The van der Waals surface area contributed by atoms with Gasteiger partial charge in [-0.05, 0) is 25.5 Å². The molecule has 4 nitrogen and oxygen atoms in total. The Morgan fingerprint density at radius 1 is 1.46 bits per heavy atom. The molecule has 0 aliphatic rings. The van der Waals surface area contributed by atoms with Crippen molar-refractivity contribution in [1.82, 2.24) is 3.71 Å². The van der Waals surface area contributed by atoms with E-state index in [-0.39, 0.29) is 5.97 Å². The number of carbonyl (C=O) groups excluding carboxylic acids is 1. The van der Waals surface area contributed by atoms with Crippen molar-refractivity contribution in [3.8, 4) is 0 Å². The molecule has 0 aliphatic heterocycles. The molecule has 0 saturated heterocycles. The van der Waals surface area contributed by atoms with Gasteiger partial charge in [0.2, 0.25) is 0 Å².